The number of allylic oxidation sites excluding steroid dienone is 1. The number of fused-ring (bicyclic) bond motifs is 4. The molecule has 3 aromatic rings. The van der Waals surface area contributed by atoms with E-state index < -0.39 is 0 Å². The third-order valence-electron chi connectivity index (χ3n) is 7.10. The molecule has 2 aliphatic rings. The Morgan fingerprint density at radius 2 is 1.87 bits per heavy atom. The zero-order valence-electron chi connectivity index (χ0n) is 17.8. The van der Waals surface area contributed by atoms with Crippen LogP contribution in [-0.4, -0.2) is 35.1 Å². The molecule has 0 amide bonds. The van der Waals surface area contributed by atoms with E-state index in [1.54, 1.807) is 0 Å². The highest BCUT2D eigenvalue weighted by atomic mass is 16.5. The van der Waals surface area contributed by atoms with Crippen molar-refractivity contribution in [3.05, 3.63) is 83.1 Å². The number of likely N-dealkylation sites (tertiary alicyclic amines) is 1. The van der Waals surface area contributed by atoms with E-state index >= 15 is 0 Å². The van der Waals surface area contributed by atoms with E-state index in [-0.39, 0.29) is 23.8 Å². The smallest absolute Gasteiger partial charge is 0.313 e. The molecule has 5 rings (SSSR count). The predicted octanol–water partition coefficient (Wildman–Crippen LogP) is 4.44. The van der Waals surface area contributed by atoms with Crippen LogP contribution in [0, 0.1) is 5.92 Å². The summed E-state index contributed by atoms with van der Waals surface area (Å²) in [6, 6.07) is 19.3. The van der Waals surface area contributed by atoms with Crippen LogP contribution in [-0.2, 0) is 29.5 Å². The molecule has 0 bridgehead atoms. The number of para-hydroxylation sites is 1. The number of aryl methyl sites for hydroxylation is 1. The number of methoxy groups -OCH3 is 1. The first-order valence-electron chi connectivity index (χ1n) is 10.7. The number of nitrogens with zero attached hydrogens (tertiary/aromatic N) is 2. The highest BCUT2D eigenvalue weighted by Gasteiger charge is 2.50. The summed E-state index contributed by atoms with van der Waals surface area (Å²) < 4.78 is 7.65. The summed E-state index contributed by atoms with van der Waals surface area (Å²) in [6.07, 6.45) is 3.16. The molecule has 2 heterocycles. The summed E-state index contributed by atoms with van der Waals surface area (Å²) in [4.78, 5) is 15.7. The molecule has 0 saturated carbocycles. The molecule has 3 atom stereocenters. The highest BCUT2D eigenvalue weighted by Crippen LogP contribution is 2.50. The molecule has 0 radical (unpaired) electrons. The van der Waals surface area contributed by atoms with Gasteiger partial charge in [0.05, 0.1) is 13.0 Å². The second-order valence-electron chi connectivity index (χ2n) is 8.49. The lowest BCUT2D eigenvalue weighted by Crippen LogP contribution is -2.42. The lowest BCUT2D eigenvalue weighted by Gasteiger charge is -2.36. The average Bonchev–Trinajstić information content (AvgIpc) is 3.28. The fourth-order valence-electron chi connectivity index (χ4n) is 5.74. The Morgan fingerprint density at radius 1 is 1.13 bits per heavy atom. The van der Waals surface area contributed by atoms with Crippen LogP contribution in [0.25, 0.3) is 10.9 Å². The fraction of sp³-hybridized carbons (Fsp3) is 0.346. The first-order valence-corrected chi connectivity index (χ1v) is 10.7. The van der Waals surface area contributed by atoms with Gasteiger partial charge in [-0.25, -0.2) is 0 Å². The Labute approximate surface area is 177 Å². The van der Waals surface area contributed by atoms with Gasteiger partial charge < -0.3 is 9.30 Å². The van der Waals surface area contributed by atoms with Crippen molar-refractivity contribution in [1.29, 1.82) is 0 Å². The molecule has 4 heteroatoms. The minimum Gasteiger partial charge on any atom is -0.469 e. The van der Waals surface area contributed by atoms with Crippen LogP contribution in [0.1, 0.15) is 29.7 Å². The van der Waals surface area contributed by atoms with E-state index in [0.717, 1.165) is 19.5 Å². The van der Waals surface area contributed by atoms with Gasteiger partial charge in [-0.3, -0.25) is 9.69 Å². The normalized spacial score (nSPS) is 24.8. The molecule has 1 aliphatic carbocycles. The molecule has 4 nitrogen and oxygen atoms in total. The molecule has 1 saturated heterocycles. The Morgan fingerprint density at radius 3 is 2.60 bits per heavy atom. The van der Waals surface area contributed by atoms with Crippen LogP contribution < -0.4 is 0 Å². The van der Waals surface area contributed by atoms with Crippen molar-refractivity contribution in [2.75, 3.05) is 13.7 Å². The number of carbonyl (C=O) groups is 1. The molecule has 0 unspecified atom stereocenters. The maximum absolute atomic E-state index is 13.2. The van der Waals surface area contributed by atoms with Crippen molar-refractivity contribution in [1.82, 2.24) is 9.47 Å². The zero-order chi connectivity index (χ0) is 20.8. The van der Waals surface area contributed by atoms with Crippen molar-refractivity contribution in [3.8, 4) is 0 Å². The molecule has 154 valence electrons. The third kappa shape index (κ3) is 2.82. The van der Waals surface area contributed by atoms with Crippen molar-refractivity contribution in [2.45, 2.75) is 31.8 Å². The molecule has 1 aromatic heterocycles. The van der Waals surface area contributed by atoms with Gasteiger partial charge >= 0.3 is 5.97 Å². The molecule has 2 aromatic carbocycles. The fourth-order valence-corrected chi connectivity index (χ4v) is 5.74. The number of hydrogen-bond donors (Lipinski definition) is 0. The van der Waals surface area contributed by atoms with Gasteiger partial charge in [-0.2, -0.15) is 0 Å². The lowest BCUT2D eigenvalue weighted by atomic mass is 9.72. The second-order valence-corrected chi connectivity index (χ2v) is 8.49. The molecule has 30 heavy (non-hydrogen) atoms. The Bertz CT molecular complexity index is 1130. The van der Waals surface area contributed by atoms with Crippen LogP contribution >= 0.6 is 0 Å². The van der Waals surface area contributed by atoms with Gasteiger partial charge in [-0.15, -0.1) is 0 Å². The van der Waals surface area contributed by atoms with Gasteiger partial charge in [0.1, 0.15) is 0 Å². The Kier molecular flexibility index (Phi) is 4.75. The van der Waals surface area contributed by atoms with Crippen molar-refractivity contribution < 1.29 is 9.53 Å². The molecular weight excluding hydrogens is 372 g/mol. The van der Waals surface area contributed by atoms with E-state index in [9.17, 15) is 4.79 Å². The van der Waals surface area contributed by atoms with Crippen LogP contribution in [0.15, 0.2) is 66.2 Å². The molecule has 1 fully saturated rings. The van der Waals surface area contributed by atoms with Gasteiger partial charge in [-0.05, 0) is 24.1 Å². The van der Waals surface area contributed by atoms with E-state index in [4.69, 9.17) is 4.74 Å². The van der Waals surface area contributed by atoms with Crippen LogP contribution in [0.5, 0.6) is 0 Å². The summed E-state index contributed by atoms with van der Waals surface area (Å²) >= 11 is 0. The monoisotopic (exact) mass is 400 g/mol. The Balaban J connectivity index is 1.66. The minimum atomic E-state index is -0.262. The third-order valence-corrected chi connectivity index (χ3v) is 7.10. The molecular formula is C26H28N2O2. The minimum absolute atomic E-state index is 0.122. The topological polar surface area (TPSA) is 34.5 Å². The van der Waals surface area contributed by atoms with Gasteiger partial charge in [0.15, 0.2) is 0 Å². The van der Waals surface area contributed by atoms with E-state index in [0.29, 0.717) is 0 Å². The zero-order valence-corrected chi connectivity index (χ0v) is 17.8. The number of ether oxygens (including phenoxy) is 1. The van der Waals surface area contributed by atoms with Crippen molar-refractivity contribution in [3.63, 3.8) is 0 Å². The maximum atomic E-state index is 13.2. The second kappa shape index (κ2) is 7.44. The van der Waals surface area contributed by atoms with Gasteiger partial charge in [-0.1, -0.05) is 60.2 Å². The predicted molar refractivity (Wildman–Crippen MR) is 119 cm³/mol. The summed E-state index contributed by atoms with van der Waals surface area (Å²) in [5, 5.41) is 1.18. The summed E-state index contributed by atoms with van der Waals surface area (Å²) in [7, 11) is 3.64. The quantitative estimate of drug-likeness (QED) is 0.482. The summed E-state index contributed by atoms with van der Waals surface area (Å²) in [6.45, 7) is 3.90. The number of benzene rings is 2. The van der Waals surface area contributed by atoms with E-state index in [2.05, 4.69) is 84.1 Å². The van der Waals surface area contributed by atoms with Gasteiger partial charge in [0.25, 0.3) is 0 Å². The van der Waals surface area contributed by atoms with Crippen LogP contribution in [0.2, 0.25) is 0 Å². The molecule has 0 spiro atoms. The van der Waals surface area contributed by atoms with E-state index in [1.165, 1.54) is 40.4 Å². The highest BCUT2D eigenvalue weighted by molar-refractivity contribution is 5.93. The van der Waals surface area contributed by atoms with E-state index in [1.807, 2.05) is 0 Å². The SMILES string of the molecule is C/C=C1/CN(Cc2ccccc2)[C@@H]2Cc3c(c4ccccc4n3C)[C@@H](C(=O)OC)[C@H]12. The number of rotatable bonds is 3. The molecule has 1 aliphatic heterocycles. The van der Waals surface area contributed by atoms with Crippen LogP contribution in [0.3, 0.4) is 0 Å². The van der Waals surface area contributed by atoms with Crippen LogP contribution in [0.4, 0.5) is 0 Å². The summed E-state index contributed by atoms with van der Waals surface area (Å²) in [5.41, 5.74) is 6.29. The maximum Gasteiger partial charge on any atom is 0.313 e. The average molecular weight is 401 g/mol. The Hall–Kier alpha value is -2.85. The lowest BCUT2D eigenvalue weighted by molar-refractivity contribution is -0.144. The first-order chi connectivity index (χ1) is 14.6. The largest absolute Gasteiger partial charge is 0.469 e. The number of hydrogen-bond acceptors (Lipinski definition) is 3. The van der Waals surface area contributed by atoms with Gasteiger partial charge in [0, 0.05) is 55.1 Å². The number of carbonyl (C=O) groups excluding carboxylic acids is 1. The number of aromatic nitrogens is 1. The van der Waals surface area contributed by atoms with Gasteiger partial charge in [0.2, 0.25) is 0 Å². The van der Waals surface area contributed by atoms with Crippen molar-refractivity contribution >= 4 is 16.9 Å². The standard InChI is InChI=1S/C26H28N2O2/c1-4-18-16-28(15-17-10-6-5-7-11-17)22-14-21-24(25(23(18)22)26(29)30-3)19-12-8-9-13-20(19)27(21)2/h4-13,22-23,25H,14-16H2,1-3H3/b18-4-/t22-,23-,25+/m1/s1. The first kappa shape index (κ1) is 19.1. The van der Waals surface area contributed by atoms with Crippen molar-refractivity contribution in [2.24, 2.45) is 13.0 Å². The summed E-state index contributed by atoms with van der Waals surface area (Å²) in [5.74, 6) is -0.227. The number of esters is 1. The molecule has 0 N–H and O–H groups in total.